The van der Waals surface area contributed by atoms with Gasteiger partial charge in [0.05, 0.1) is 5.56 Å². The number of hydrogen-bond acceptors (Lipinski definition) is 5. The molecule has 17 heavy (non-hydrogen) atoms. The van der Waals surface area contributed by atoms with E-state index >= 15 is 0 Å². The Kier molecular flexibility index (Phi) is 1.86. The fourth-order valence-corrected chi connectivity index (χ4v) is 1.74. The molecule has 6 nitrogen and oxygen atoms in total. The summed E-state index contributed by atoms with van der Waals surface area (Å²) >= 11 is 0. The number of imidazole rings is 1. The van der Waals surface area contributed by atoms with Crippen molar-refractivity contribution < 1.29 is 0 Å². The number of hydrogen-bond donors (Lipinski definition) is 2. The van der Waals surface area contributed by atoms with Gasteiger partial charge in [-0.15, -0.1) is 0 Å². The van der Waals surface area contributed by atoms with Crippen molar-refractivity contribution in [3.63, 3.8) is 0 Å². The Morgan fingerprint density at radius 1 is 1.18 bits per heavy atom. The summed E-state index contributed by atoms with van der Waals surface area (Å²) in [5.41, 5.74) is 1.18. The second-order valence-electron chi connectivity index (χ2n) is 3.50. The molecule has 6 heteroatoms. The van der Waals surface area contributed by atoms with Gasteiger partial charge >= 0.3 is 0 Å². The SMILES string of the molecule is N#Cc1cncc2c[nH]cc2c2nc(=N)nc1-2. The van der Waals surface area contributed by atoms with Crippen LogP contribution in [0.1, 0.15) is 5.56 Å². The van der Waals surface area contributed by atoms with Gasteiger partial charge in [0, 0.05) is 35.6 Å². The molecular formula is C11H6N6. The van der Waals surface area contributed by atoms with Crippen molar-refractivity contribution in [1.29, 1.82) is 10.7 Å². The fraction of sp³-hybridized carbons (Fsp3) is 0. The molecule has 0 saturated heterocycles. The Hall–Kier alpha value is -2.81. The Labute approximate surface area is 95.5 Å². The van der Waals surface area contributed by atoms with Crippen molar-refractivity contribution in [2.45, 2.75) is 0 Å². The molecule has 0 atom stereocenters. The molecule has 3 heterocycles. The van der Waals surface area contributed by atoms with Gasteiger partial charge in [-0.3, -0.25) is 10.4 Å². The van der Waals surface area contributed by atoms with Gasteiger partial charge in [-0.1, -0.05) is 0 Å². The standard InChI is InChI=1S/C11H6N6/c12-1-6-2-14-3-7-4-15-5-8(7)10-9(6)16-11(13)17-10/h2-5,13,15H. The second-order valence-corrected chi connectivity index (χ2v) is 3.50. The summed E-state index contributed by atoms with van der Waals surface area (Å²) in [6.45, 7) is 0. The number of H-pyrrole nitrogens is 1. The lowest BCUT2D eigenvalue weighted by atomic mass is 10.1. The molecule has 0 fully saturated rings. The maximum Gasteiger partial charge on any atom is 0.243 e. The van der Waals surface area contributed by atoms with Crippen LogP contribution in [0.25, 0.3) is 22.2 Å². The minimum atomic E-state index is -0.0924. The van der Waals surface area contributed by atoms with E-state index in [1.165, 1.54) is 6.20 Å². The topological polar surface area (TPSA) is 102 Å². The molecule has 3 rings (SSSR count). The van der Waals surface area contributed by atoms with Crippen molar-refractivity contribution in [3.8, 4) is 17.5 Å². The summed E-state index contributed by atoms with van der Waals surface area (Å²) in [6, 6.07) is 2.02. The van der Waals surface area contributed by atoms with E-state index in [1.54, 1.807) is 18.6 Å². The average molecular weight is 222 g/mol. The van der Waals surface area contributed by atoms with Crippen LogP contribution in [0, 0.1) is 16.7 Å². The van der Waals surface area contributed by atoms with E-state index in [9.17, 15) is 0 Å². The molecule has 0 saturated carbocycles. The van der Waals surface area contributed by atoms with Crippen LogP contribution >= 0.6 is 0 Å². The first-order valence-electron chi connectivity index (χ1n) is 4.87. The Morgan fingerprint density at radius 3 is 2.82 bits per heavy atom. The summed E-state index contributed by atoms with van der Waals surface area (Å²) in [7, 11) is 0. The van der Waals surface area contributed by atoms with Crippen LogP contribution in [-0.2, 0) is 0 Å². The van der Waals surface area contributed by atoms with E-state index in [-0.39, 0.29) is 5.62 Å². The van der Waals surface area contributed by atoms with Crippen LogP contribution in [0.5, 0.6) is 0 Å². The maximum atomic E-state index is 9.03. The third kappa shape index (κ3) is 1.33. The van der Waals surface area contributed by atoms with E-state index in [2.05, 4.69) is 19.9 Å². The quantitative estimate of drug-likeness (QED) is 0.587. The fourth-order valence-electron chi connectivity index (χ4n) is 1.74. The van der Waals surface area contributed by atoms with Crippen molar-refractivity contribution >= 4 is 10.8 Å². The van der Waals surface area contributed by atoms with Crippen LogP contribution in [0.15, 0.2) is 24.8 Å². The van der Waals surface area contributed by atoms with Gasteiger partial charge in [-0.2, -0.15) is 5.26 Å². The van der Waals surface area contributed by atoms with Crippen LogP contribution in [-0.4, -0.2) is 19.9 Å². The van der Waals surface area contributed by atoms with Crippen LogP contribution in [0.4, 0.5) is 0 Å². The van der Waals surface area contributed by atoms with E-state index in [0.717, 1.165) is 10.8 Å². The lowest BCUT2D eigenvalue weighted by molar-refractivity contribution is 1.05. The molecule has 2 aliphatic rings. The van der Waals surface area contributed by atoms with Crippen molar-refractivity contribution in [3.05, 3.63) is 36.0 Å². The summed E-state index contributed by atoms with van der Waals surface area (Å²) in [5.74, 6) is 0. The molecule has 2 N–H and O–H groups in total. The zero-order valence-electron chi connectivity index (χ0n) is 8.60. The number of rotatable bonds is 0. The largest absolute Gasteiger partial charge is 0.366 e. The van der Waals surface area contributed by atoms with E-state index in [4.69, 9.17) is 10.7 Å². The van der Waals surface area contributed by atoms with Gasteiger partial charge in [0.2, 0.25) is 5.62 Å². The molecule has 0 bridgehead atoms. The number of nitrogens with zero attached hydrogens (tertiary/aromatic N) is 4. The smallest absolute Gasteiger partial charge is 0.243 e. The molecule has 80 valence electrons. The van der Waals surface area contributed by atoms with E-state index in [0.29, 0.717) is 17.0 Å². The third-order valence-electron chi connectivity index (χ3n) is 2.49. The summed E-state index contributed by atoms with van der Waals surface area (Å²) in [5, 5.41) is 18.2. The van der Waals surface area contributed by atoms with Crippen molar-refractivity contribution in [2.75, 3.05) is 0 Å². The molecule has 1 aromatic rings. The number of aromatic amines is 1. The highest BCUT2D eigenvalue weighted by Crippen LogP contribution is 2.25. The third-order valence-corrected chi connectivity index (χ3v) is 2.49. The Balaban J connectivity index is 2.60. The lowest BCUT2D eigenvalue weighted by Gasteiger charge is -1.95. The predicted octanol–water partition coefficient (Wildman–Crippen LogP) is 0.809. The molecule has 0 aromatic carbocycles. The van der Waals surface area contributed by atoms with Gasteiger partial charge < -0.3 is 4.98 Å². The molecule has 0 spiro atoms. The minimum absolute atomic E-state index is 0.0924. The summed E-state index contributed by atoms with van der Waals surface area (Å²) < 4.78 is 0. The number of nitrogens with one attached hydrogen (secondary N) is 2. The van der Waals surface area contributed by atoms with Crippen molar-refractivity contribution in [2.24, 2.45) is 0 Å². The average Bonchev–Trinajstić information content (AvgIpc) is 2.88. The monoisotopic (exact) mass is 222 g/mol. The molecule has 0 amide bonds. The highest BCUT2D eigenvalue weighted by molar-refractivity contribution is 5.93. The van der Waals surface area contributed by atoms with Crippen LogP contribution in [0.3, 0.4) is 0 Å². The van der Waals surface area contributed by atoms with Gasteiger partial charge in [0.25, 0.3) is 0 Å². The molecule has 0 aliphatic carbocycles. The molecule has 0 radical (unpaired) electrons. The van der Waals surface area contributed by atoms with E-state index in [1.807, 2.05) is 6.07 Å². The zero-order chi connectivity index (χ0) is 11.8. The number of aromatic nitrogens is 4. The Bertz CT molecular complexity index is 782. The summed E-state index contributed by atoms with van der Waals surface area (Å²) in [4.78, 5) is 15.0. The maximum absolute atomic E-state index is 9.03. The highest BCUT2D eigenvalue weighted by atomic mass is 15.0. The van der Waals surface area contributed by atoms with Crippen LogP contribution < -0.4 is 5.62 Å². The van der Waals surface area contributed by atoms with Gasteiger partial charge in [-0.25, -0.2) is 9.97 Å². The second kappa shape index (κ2) is 3.35. The molecule has 1 aromatic heterocycles. The number of nitriles is 1. The zero-order valence-corrected chi connectivity index (χ0v) is 8.60. The first-order valence-corrected chi connectivity index (χ1v) is 4.87. The van der Waals surface area contributed by atoms with Crippen molar-refractivity contribution in [1.82, 2.24) is 19.9 Å². The Morgan fingerprint density at radius 2 is 2.00 bits per heavy atom. The van der Waals surface area contributed by atoms with Crippen LogP contribution in [0.2, 0.25) is 0 Å². The molecule has 2 aliphatic heterocycles. The lowest BCUT2D eigenvalue weighted by Crippen LogP contribution is -1.99. The normalized spacial score (nSPS) is 10.5. The predicted molar refractivity (Wildman–Crippen MR) is 58.9 cm³/mol. The van der Waals surface area contributed by atoms with Gasteiger partial charge in [0.1, 0.15) is 17.5 Å². The first kappa shape index (κ1) is 9.42. The molecular weight excluding hydrogens is 216 g/mol. The number of fused-ring (bicyclic) bond motifs is 3. The molecule has 0 unspecified atom stereocenters. The van der Waals surface area contributed by atoms with Gasteiger partial charge in [0.15, 0.2) is 0 Å². The highest BCUT2D eigenvalue weighted by Gasteiger charge is 2.14. The minimum Gasteiger partial charge on any atom is -0.366 e. The summed E-state index contributed by atoms with van der Waals surface area (Å²) in [6.07, 6.45) is 6.62. The van der Waals surface area contributed by atoms with Gasteiger partial charge in [-0.05, 0) is 0 Å². The first-order chi connectivity index (χ1) is 8.29. The van der Waals surface area contributed by atoms with E-state index < -0.39 is 0 Å².